The van der Waals surface area contributed by atoms with Crippen LogP contribution in [0.5, 0.6) is 0 Å². The summed E-state index contributed by atoms with van der Waals surface area (Å²) in [7, 11) is 0. The van der Waals surface area contributed by atoms with E-state index >= 15 is 0 Å². The summed E-state index contributed by atoms with van der Waals surface area (Å²) in [6.45, 7) is -0.618. The Labute approximate surface area is 125 Å². The molecule has 3 rings (SSSR count). The van der Waals surface area contributed by atoms with Crippen molar-refractivity contribution in [1.82, 2.24) is 14.4 Å². The van der Waals surface area contributed by atoms with Gasteiger partial charge in [-0.25, -0.2) is 0 Å². The number of aliphatic hydroxyl groups is 3. The Kier molecular flexibility index (Phi) is 3.72. The van der Waals surface area contributed by atoms with E-state index in [0.717, 1.165) is 6.20 Å². The summed E-state index contributed by atoms with van der Waals surface area (Å²) in [5, 5.41) is 28.6. The summed E-state index contributed by atoms with van der Waals surface area (Å²) in [5.41, 5.74) is -2.72. The monoisotopic (exact) mass is 331 g/mol. The van der Waals surface area contributed by atoms with Gasteiger partial charge in [0.1, 0.15) is 24.4 Å². The Balaban J connectivity index is 2.18. The Morgan fingerprint density at radius 2 is 2.00 bits per heavy atom. The number of nitrogens with zero attached hydrogens (tertiary/aromatic N) is 2. The SMILES string of the molecule is O=c1nc2[nH]c(=O)c(F)c(F)n2cc1C1OC(CO)C(O)C1O. The van der Waals surface area contributed by atoms with E-state index in [1.165, 1.54) is 0 Å². The number of aromatic amines is 1. The Hall–Kier alpha value is -2.21. The predicted octanol–water partition coefficient (Wildman–Crippen LogP) is -2.19. The lowest BCUT2D eigenvalue weighted by molar-refractivity contribution is -0.0232. The van der Waals surface area contributed by atoms with E-state index in [-0.39, 0.29) is 5.56 Å². The zero-order valence-electron chi connectivity index (χ0n) is 11.3. The zero-order valence-corrected chi connectivity index (χ0v) is 11.3. The standard InChI is InChI=1S/C12H11F2N3O6/c13-5-9(14)17-1-3(10(21)15-12(17)16-11(5)22)8-7(20)6(19)4(2-18)23-8/h1,4,6-8,18-20H,2H2,(H,15,16,21,22). The summed E-state index contributed by atoms with van der Waals surface area (Å²) in [6.07, 6.45) is -4.78. The fraction of sp³-hybridized carbons (Fsp3) is 0.417. The average molecular weight is 331 g/mol. The second kappa shape index (κ2) is 5.45. The molecule has 1 fully saturated rings. The van der Waals surface area contributed by atoms with E-state index in [1.807, 2.05) is 4.98 Å². The molecule has 11 heteroatoms. The molecule has 0 radical (unpaired) electrons. The summed E-state index contributed by atoms with van der Waals surface area (Å²) in [5.74, 6) is -3.81. The molecule has 23 heavy (non-hydrogen) atoms. The highest BCUT2D eigenvalue weighted by atomic mass is 19.2. The van der Waals surface area contributed by atoms with Crippen molar-refractivity contribution in [1.29, 1.82) is 0 Å². The minimum atomic E-state index is -1.70. The first kappa shape index (κ1) is 15.7. The molecule has 4 atom stereocenters. The summed E-state index contributed by atoms with van der Waals surface area (Å²) in [4.78, 5) is 28.4. The number of aliphatic hydroxyl groups excluding tert-OH is 3. The smallest absolute Gasteiger partial charge is 0.291 e. The third kappa shape index (κ3) is 2.34. The molecule has 0 bridgehead atoms. The van der Waals surface area contributed by atoms with Crippen molar-refractivity contribution >= 4 is 5.78 Å². The van der Waals surface area contributed by atoms with Gasteiger partial charge in [-0.3, -0.25) is 19.0 Å². The largest absolute Gasteiger partial charge is 0.394 e. The molecule has 4 N–H and O–H groups in total. The molecule has 0 amide bonds. The topological polar surface area (TPSA) is 137 Å². The van der Waals surface area contributed by atoms with Crippen LogP contribution in [0, 0.1) is 11.8 Å². The van der Waals surface area contributed by atoms with Crippen molar-refractivity contribution in [3.63, 3.8) is 0 Å². The number of aromatic nitrogens is 3. The third-order valence-corrected chi connectivity index (χ3v) is 3.62. The maximum absolute atomic E-state index is 13.8. The molecule has 2 aromatic rings. The molecular weight excluding hydrogens is 320 g/mol. The van der Waals surface area contributed by atoms with Gasteiger partial charge in [-0.2, -0.15) is 13.8 Å². The highest BCUT2D eigenvalue weighted by molar-refractivity contribution is 5.30. The number of hydrogen-bond acceptors (Lipinski definition) is 7. The van der Waals surface area contributed by atoms with Crippen LogP contribution in [0.4, 0.5) is 8.78 Å². The van der Waals surface area contributed by atoms with Crippen LogP contribution in [-0.4, -0.2) is 54.6 Å². The first-order valence-corrected chi connectivity index (χ1v) is 6.48. The molecule has 3 heterocycles. The van der Waals surface area contributed by atoms with Crippen molar-refractivity contribution < 1.29 is 28.8 Å². The number of ether oxygens (including phenoxy) is 1. The first-order chi connectivity index (χ1) is 10.8. The molecule has 2 aromatic heterocycles. The average Bonchev–Trinajstić information content (AvgIpc) is 2.80. The molecule has 1 aliphatic rings. The normalized spacial score (nSPS) is 27.7. The molecular formula is C12H11F2N3O6. The maximum Gasteiger partial charge on any atom is 0.291 e. The predicted molar refractivity (Wildman–Crippen MR) is 68.7 cm³/mol. The maximum atomic E-state index is 13.8. The fourth-order valence-electron chi connectivity index (χ4n) is 2.42. The lowest BCUT2D eigenvalue weighted by Crippen LogP contribution is -2.33. The highest BCUT2D eigenvalue weighted by Crippen LogP contribution is 2.31. The van der Waals surface area contributed by atoms with E-state index in [4.69, 9.17) is 9.84 Å². The molecule has 0 aromatic carbocycles. The van der Waals surface area contributed by atoms with Crippen molar-refractivity contribution in [2.24, 2.45) is 0 Å². The number of nitrogens with one attached hydrogen (secondary N) is 1. The minimum Gasteiger partial charge on any atom is -0.394 e. The van der Waals surface area contributed by atoms with E-state index in [0.29, 0.717) is 4.40 Å². The quantitative estimate of drug-likeness (QED) is 0.459. The Morgan fingerprint density at radius 1 is 1.30 bits per heavy atom. The minimum absolute atomic E-state index is 0.365. The second-order valence-corrected chi connectivity index (χ2v) is 5.01. The number of H-pyrrole nitrogens is 1. The number of rotatable bonds is 2. The van der Waals surface area contributed by atoms with Crippen LogP contribution in [0.1, 0.15) is 11.7 Å². The van der Waals surface area contributed by atoms with E-state index < -0.39 is 59.7 Å². The lowest BCUT2D eigenvalue weighted by atomic mass is 10.0. The summed E-state index contributed by atoms with van der Waals surface area (Å²) >= 11 is 0. The van der Waals surface area contributed by atoms with Crippen LogP contribution in [0.2, 0.25) is 0 Å². The van der Waals surface area contributed by atoms with Crippen molar-refractivity contribution in [3.05, 3.63) is 44.2 Å². The van der Waals surface area contributed by atoms with Gasteiger partial charge in [0, 0.05) is 6.20 Å². The van der Waals surface area contributed by atoms with E-state index in [2.05, 4.69) is 4.98 Å². The van der Waals surface area contributed by atoms with Crippen LogP contribution in [-0.2, 0) is 4.74 Å². The van der Waals surface area contributed by atoms with Crippen molar-refractivity contribution in [2.75, 3.05) is 6.61 Å². The number of fused-ring (bicyclic) bond motifs is 1. The molecule has 9 nitrogen and oxygen atoms in total. The number of halogens is 2. The van der Waals surface area contributed by atoms with Gasteiger partial charge in [-0.05, 0) is 0 Å². The summed E-state index contributed by atoms with van der Waals surface area (Å²) < 4.78 is 32.8. The highest BCUT2D eigenvalue weighted by Gasteiger charge is 2.44. The van der Waals surface area contributed by atoms with Gasteiger partial charge in [0.25, 0.3) is 11.1 Å². The van der Waals surface area contributed by atoms with Crippen LogP contribution < -0.4 is 11.1 Å². The zero-order chi connectivity index (χ0) is 16.9. The molecule has 4 unspecified atom stereocenters. The van der Waals surface area contributed by atoms with Gasteiger partial charge in [-0.15, -0.1) is 0 Å². The second-order valence-electron chi connectivity index (χ2n) is 5.01. The molecule has 124 valence electrons. The fourth-order valence-corrected chi connectivity index (χ4v) is 2.42. The van der Waals surface area contributed by atoms with Gasteiger partial charge in [0.2, 0.25) is 17.5 Å². The van der Waals surface area contributed by atoms with Gasteiger partial charge < -0.3 is 20.1 Å². The third-order valence-electron chi connectivity index (χ3n) is 3.62. The van der Waals surface area contributed by atoms with Crippen LogP contribution >= 0.6 is 0 Å². The number of hydrogen-bond donors (Lipinski definition) is 4. The Bertz CT molecular complexity index is 881. The van der Waals surface area contributed by atoms with Crippen LogP contribution in [0.3, 0.4) is 0 Å². The van der Waals surface area contributed by atoms with Crippen molar-refractivity contribution in [2.45, 2.75) is 24.4 Å². The van der Waals surface area contributed by atoms with Gasteiger partial charge in [-0.1, -0.05) is 0 Å². The first-order valence-electron chi connectivity index (χ1n) is 6.48. The molecule has 0 aliphatic carbocycles. The van der Waals surface area contributed by atoms with Gasteiger partial charge >= 0.3 is 0 Å². The molecule has 1 saturated heterocycles. The molecule has 0 saturated carbocycles. The van der Waals surface area contributed by atoms with Gasteiger partial charge in [0.15, 0.2) is 0 Å². The molecule has 1 aliphatic heterocycles. The van der Waals surface area contributed by atoms with Crippen LogP contribution in [0.15, 0.2) is 15.8 Å². The molecule has 0 spiro atoms. The van der Waals surface area contributed by atoms with E-state index in [1.54, 1.807) is 0 Å². The van der Waals surface area contributed by atoms with Gasteiger partial charge in [0.05, 0.1) is 12.2 Å². The summed E-state index contributed by atoms with van der Waals surface area (Å²) in [6, 6.07) is 0. The van der Waals surface area contributed by atoms with Crippen molar-refractivity contribution in [3.8, 4) is 0 Å². The lowest BCUT2D eigenvalue weighted by Gasteiger charge is -2.14. The van der Waals surface area contributed by atoms with Crippen LogP contribution in [0.25, 0.3) is 5.78 Å². The Morgan fingerprint density at radius 3 is 2.61 bits per heavy atom. The van der Waals surface area contributed by atoms with E-state index in [9.17, 15) is 28.6 Å².